The molecule has 1 saturated heterocycles. The van der Waals surface area contributed by atoms with Gasteiger partial charge in [0.25, 0.3) is 0 Å². The molecule has 1 fully saturated rings. The van der Waals surface area contributed by atoms with Crippen LogP contribution in [0.15, 0.2) is 48.7 Å². The van der Waals surface area contributed by atoms with Crippen molar-refractivity contribution >= 4 is 10.9 Å². The average molecular weight is 423 g/mol. The summed E-state index contributed by atoms with van der Waals surface area (Å²) in [6.07, 6.45) is 4.31. The fraction of sp³-hybridized carbons (Fsp3) is 0.400. The molecule has 1 aliphatic heterocycles. The minimum Gasteiger partial charge on any atom is -0.493 e. The minimum atomic E-state index is 0.258. The Morgan fingerprint density at radius 3 is 2.61 bits per heavy atom. The number of rotatable bonds is 9. The first kappa shape index (κ1) is 21.4. The number of hydrogen-bond donors (Lipinski definition) is 0. The van der Waals surface area contributed by atoms with Crippen molar-refractivity contribution < 1.29 is 18.9 Å². The second kappa shape index (κ2) is 9.98. The van der Waals surface area contributed by atoms with Crippen molar-refractivity contribution in [2.45, 2.75) is 32.0 Å². The quantitative estimate of drug-likeness (QED) is 0.508. The summed E-state index contributed by atoms with van der Waals surface area (Å²) < 4.78 is 22.7. The molecule has 164 valence electrons. The molecule has 0 saturated carbocycles. The summed E-state index contributed by atoms with van der Waals surface area (Å²) >= 11 is 0. The number of hydrogen-bond acceptors (Lipinski definition) is 6. The summed E-state index contributed by atoms with van der Waals surface area (Å²) in [6, 6.07) is 14.5. The lowest BCUT2D eigenvalue weighted by atomic mass is 10.1. The zero-order valence-corrected chi connectivity index (χ0v) is 18.5. The predicted molar refractivity (Wildman–Crippen MR) is 121 cm³/mol. The molecule has 1 atom stereocenters. The molecule has 0 bridgehead atoms. The van der Waals surface area contributed by atoms with E-state index in [9.17, 15) is 0 Å². The lowest BCUT2D eigenvalue weighted by Crippen LogP contribution is -2.31. The molecule has 0 radical (unpaired) electrons. The highest BCUT2D eigenvalue weighted by molar-refractivity contribution is 5.78. The number of ether oxygens (including phenoxy) is 4. The van der Waals surface area contributed by atoms with Crippen LogP contribution in [0.4, 0.5) is 0 Å². The van der Waals surface area contributed by atoms with Gasteiger partial charge in [0.05, 0.1) is 33.0 Å². The van der Waals surface area contributed by atoms with Crippen molar-refractivity contribution in [3.05, 3.63) is 59.8 Å². The zero-order chi connectivity index (χ0) is 21.6. The van der Waals surface area contributed by atoms with Gasteiger partial charge in [-0.2, -0.15) is 0 Å². The van der Waals surface area contributed by atoms with Crippen LogP contribution in [0.25, 0.3) is 10.9 Å². The maximum Gasteiger partial charge on any atom is 0.203 e. The Morgan fingerprint density at radius 1 is 1.00 bits per heavy atom. The Hall–Kier alpha value is -2.83. The largest absolute Gasteiger partial charge is 0.493 e. The van der Waals surface area contributed by atoms with E-state index in [0.29, 0.717) is 23.8 Å². The van der Waals surface area contributed by atoms with Gasteiger partial charge >= 0.3 is 0 Å². The molecule has 3 aromatic rings. The zero-order valence-electron chi connectivity index (χ0n) is 18.5. The van der Waals surface area contributed by atoms with Crippen LogP contribution in [-0.4, -0.2) is 50.5 Å². The summed E-state index contributed by atoms with van der Waals surface area (Å²) in [7, 11) is 4.94. The van der Waals surface area contributed by atoms with E-state index < -0.39 is 0 Å². The average Bonchev–Trinajstić information content (AvgIpc) is 3.31. The van der Waals surface area contributed by atoms with E-state index in [1.54, 1.807) is 21.3 Å². The van der Waals surface area contributed by atoms with Crippen LogP contribution in [-0.2, 0) is 17.8 Å². The summed E-state index contributed by atoms with van der Waals surface area (Å²) in [5, 5.41) is 1.15. The number of pyridine rings is 1. The highest BCUT2D eigenvalue weighted by Crippen LogP contribution is 2.40. The standard InChI is InChI=1S/C25H30N2O4/c1-28-23-11-9-20(24(29-2)25(23)30-3)16-27(17-21-7-5-13-31-21)15-18-8-10-22-19(14-18)6-4-12-26-22/h4,6,8-12,14,21H,5,7,13,15-17H2,1-3H3. The van der Waals surface area contributed by atoms with Gasteiger partial charge in [0.2, 0.25) is 5.75 Å². The lowest BCUT2D eigenvalue weighted by Gasteiger charge is -2.27. The van der Waals surface area contributed by atoms with E-state index in [0.717, 1.165) is 49.0 Å². The SMILES string of the molecule is COc1ccc(CN(Cc2ccc3ncccc3c2)CC2CCCO2)c(OC)c1OC. The minimum absolute atomic E-state index is 0.258. The third-order valence-electron chi connectivity index (χ3n) is 5.74. The maximum atomic E-state index is 5.94. The summed E-state index contributed by atoms with van der Waals surface area (Å²) in [5.74, 6) is 1.99. The van der Waals surface area contributed by atoms with Crippen molar-refractivity contribution in [1.29, 1.82) is 0 Å². The molecule has 1 unspecified atom stereocenters. The van der Waals surface area contributed by atoms with E-state index in [4.69, 9.17) is 18.9 Å². The fourth-order valence-corrected chi connectivity index (χ4v) is 4.27. The van der Waals surface area contributed by atoms with Crippen molar-refractivity contribution in [3.8, 4) is 17.2 Å². The number of nitrogens with zero attached hydrogens (tertiary/aromatic N) is 2. The highest BCUT2D eigenvalue weighted by atomic mass is 16.5. The van der Waals surface area contributed by atoms with Gasteiger partial charge in [0.15, 0.2) is 11.5 Å². The van der Waals surface area contributed by atoms with Crippen molar-refractivity contribution in [2.75, 3.05) is 34.5 Å². The molecule has 0 aliphatic carbocycles. The molecule has 0 spiro atoms. The van der Waals surface area contributed by atoms with Crippen LogP contribution in [0.5, 0.6) is 17.2 Å². The van der Waals surface area contributed by atoms with Crippen LogP contribution in [0, 0.1) is 0 Å². The normalized spacial score (nSPS) is 16.1. The third kappa shape index (κ3) is 4.92. The fourth-order valence-electron chi connectivity index (χ4n) is 4.27. The molecular formula is C25H30N2O4. The number of aromatic nitrogens is 1. The number of methoxy groups -OCH3 is 3. The molecule has 6 heteroatoms. The molecule has 1 aliphatic rings. The molecular weight excluding hydrogens is 392 g/mol. The smallest absolute Gasteiger partial charge is 0.203 e. The van der Waals surface area contributed by atoms with Crippen LogP contribution in [0.1, 0.15) is 24.0 Å². The first-order chi connectivity index (χ1) is 15.2. The van der Waals surface area contributed by atoms with Gasteiger partial charge in [-0.1, -0.05) is 18.2 Å². The van der Waals surface area contributed by atoms with Gasteiger partial charge in [-0.3, -0.25) is 9.88 Å². The van der Waals surface area contributed by atoms with E-state index in [-0.39, 0.29) is 6.10 Å². The van der Waals surface area contributed by atoms with Gasteiger partial charge in [-0.25, -0.2) is 0 Å². The Bertz CT molecular complexity index is 1020. The van der Waals surface area contributed by atoms with Crippen LogP contribution >= 0.6 is 0 Å². The molecule has 0 amide bonds. The molecule has 1 aromatic heterocycles. The van der Waals surface area contributed by atoms with Crippen LogP contribution < -0.4 is 14.2 Å². The summed E-state index contributed by atoms with van der Waals surface area (Å²) in [6.45, 7) is 3.24. The van der Waals surface area contributed by atoms with Gasteiger partial charge in [-0.05, 0) is 42.7 Å². The monoisotopic (exact) mass is 422 g/mol. The van der Waals surface area contributed by atoms with Crippen molar-refractivity contribution in [2.24, 2.45) is 0 Å². The van der Waals surface area contributed by atoms with E-state index in [1.807, 2.05) is 24.4 Å². The molecule has 2 aromatic carbocycles. The highest BCUT2D eigenvalue weighted by Gasteiger charge is 2.22. The first-order valence-corrected chi connectivity index (χ1v) is 10.7. The van der Waals surface area contributed by atoms with Gasteiger partial charge in [-0.15, -0.1) is 0 Å². The molecule has 2 heterocycles. The molecule has 4 rings (SSSR count). The van der Waals surface area contributed by atoms with Crippen LogP contribution in [0.2, 0.25) is 0 Å². The molecule has 6 nitrogen and oxygen atoms in total. The number of fused-ring (bicyclic) bond motifs is 1. The summed E-state index contributed by atoms with van der Waals surface area (Å²) in [4.78, 5) is 6.85. The van der Waals surface area contributed by atoms with Crippen LogP contribution in [0.3, 0.4) is 0 Å². The number of benzene rings is 2. The predicted octanol–water partition coefficient (Wildman–Crippen LogP) is 4.44. The van der Waals surface area contributed by atoms with E-state index in [2.05, 4.69) is 34.1 Å². The Morgan fingerprint density at radius 2 is 1.87 bits per heavy atom. The molecule has 0 N–H and O–H groups in total. The third-order valence-corrected chi connectivity index (χ3v) is 5.74. The van der Waals surface area contributed by atoms with E-state index >= 15 is 0 Å². The van der Waals surface area contributed by atoms with Crippen molar-refractivity contribution in [1.82, 2.24) is 9.88 Å². The Labute approximate surface area is 183 Å². The van der Waals surface area contributed by atoms with Gasteiger partial charge in [0, 0.05) is 43.4 Å². The Balaban J connectivity index is 1.61. The lowest BCUT2D eigenvalue weighted by molar-refractivity contribution is 0.0676. The van der Waals surface area contributed by atoms with Gasteiger partial charge in [0.1, 0.15) is 0 Å². The first-order valence-electron chi connectivity index (χ1n) is 10.7. The second-order valence-corrected chi connectivity index (χ2v) is 7.83. The van der Waals surface area contributed by atoms with E-state index in [1.165, 1.54) is 5.56 Å². The van der Waals surface area contributed by atoms with Gasteiger partial charge < -0.3 is 18.9 Å². The Kier molecular flexibility index (Phi) is 6.89. The summed E-state index contributed by atoms with van der Waals surface area (Å²) in [5.41, 5.74) is 3.32. The topological polar surface area (TPSA) is 53.1 Å². The van der Waals surface area contributed by atoms with Crippen molar-refractivity contribution in [3.63, 3.8) is 0 Å². The second-order valence-electron chi connectivity index (χ2n) is 7.83. The molecule has 31 heavy (non-hydrogen) atoms. The maximum absolute atomic E-state index is 5.94.